The molecule has 1 heterocycles. The SMILES string of the molecule is C[C@@H]1[C@@H](CO[Si](C)(C)C(C)(C)C)[C@H](OC2CCCCO2)C[C@@H]1O. The summed E-state index contributed by atoms with van der Waals surface area (Å²) in [4.78, 5) is 0. The highest BCUT2D eigenvalue weighted by atomic mass is 28.4. The molecule has 136 valence electrons. The van der Waals surface area contributed by atoms with Crippen molar-refractivity contribution in [3.8, 4) is 0 Å². The summed E-state index contributed by atoms with van der Waals surface area (Å²) in [5.41, 5.74) is 0. The zero-order chi connectivity index (χ0) is 17.3. The van der Waals surface area contributed by atoms with Crippen molar-refractivity contribution in [1.29, 1.82) is 0 Å². The van der Waals surface area contributed by atoms with Crippen molar-refractivity contribution in [3.05, 3.63) is 0 Å². The highest BCUT2D eigenvalue weighted by Crippen LogP contribution is 2.40. The first-order chi connectivity index (χ1) is 10.6. The van der Waals surface area contributed by atoms with E-state index in [-0.39, 0.29) is 35.4 Å². The van der Waals surface area contributed by atoms with Crippen LogP contribution >= 0.6 is 0 Å². The molecule has 1 saturated carbocycles. The van der Waals surface area contributed by atoms with E-state index in [1.165, 1.54) is 6.42 Å². The Kier molecular flexibility index (Phi) is 6.34. The Balaban J connectivity index is 1.95. The van der Waals surface area contributed by atoms with Gasteiger partial charge in [-0.2, -0.15) is 0 Å². The summed E-state index contributed by atoms with van der Waals surface area (Å²) in [6.45, 7) is 14.9. The van der Waals surface area contributed by atoms with Crippen LogP contribution in [-0.4, -0.2) is 45.1 Å². The van der Waals surface area contributed by atoms with E-state index in [1.54, 1.807) is 0 Å². The van der Waals surface area contributed by atoms with Gasteiger partial charge in [-0.05, 0) is 43.3 Å². The fourth-order valence-corrected chi connectivity index (χ4v) is 4.24. The molecule has 0 amide bonds. The summed E-state index contributed by atoms with van der Waals surface area (Å²) in [6.07, 6.45) is 3.62. The predicted molar refractivity (Wildman–Crippen MR) is 94.9 cm³/mol. The van der Waals surface area contributed by atoms with Gasteiger partial charge >= 0.3 is 0 Å². The second kappa shape index (κ2) is 7.52. The highest BCUT2D eigenvalue weighted by molar-refractivity contribution is 6.74. The van der Waals surface area contributed by atoms with E-state index >= 15 is 0 Å². The maximum absolute atomic E-state index is 10.3. The van der Waals surface area contributed by atoms with Crippen LogP contribution in [0.25, 0.3) is 0 Å². The van der Waals surface area contributed by atoms with Gasteiger partial charge in [0.1, 0.15) is 0 Å². The molecule has 1 aliphatic heterocycles. The molecule has 0 aromatic rings. The van der Waals surface area contributed by atoms with Gasteiger partial charge in [0.05, 0.1) is 12.2 Å². The van der Waals surface area contributed by atoms with Crippen LogP contribution < -0.4 is 0 Å². The van der Waals surface area contributed by atoms with Crippen LogP contribution in [0.15, 0.2) is 0 Å². The third-order valence-electron chi connectivity index (χ3n) is 6.14. The van der Waals surface area contributed by atoms with Gasteiger partial charge in [0.15, 0.2) is 14.6 Å². The summed E-state index contributed by atoms with van der Waals surface area (Å²) in [5.74, 6) is 0.470. The number of hydrogen-bond donors (Lipinski definition) is 1. The van der Waals surface area contributed by atoms with Crippen molar-refractivity contribution >= 4 is 8.32 Å². The van der Waals surface area contributed by atoms with Crippen molar-refractivity contribution in [2.45, 2.75) is 90.0 Å². The van der Waals surface area contributed by atoms with E-state index in [0.717, 1.165) is 19.4 Å². The molecular formula is C18H36O4Si. The second-order valence-electron chi connectivity index (χ2n) is 8.87. The summed E-state index contributed by atoms with van der Waals surface area (Å²) >= 11 is 0. The topological polar surface area (TPSA) is 47.9 Å². The lowest BCUT2D eigenvalue weighted by Crippen LogP contribution is -2.43. The van der Waals surface area contributed by atoms with Crippen molar-refractivity contribution in [1.82, 2.24) is 0 Å². The van der Waals surface area contributed by atoms with Crippen LogP contribution in [0.5, 0.6) is 0 Å². The Labute approximate surface area is 143 Å². The van der Waals surface area contributed by atoms with Crippen molar-refractivity contribution in [3.63, 3.8) is 0 Å². The van der Waals surface area contributed by atoms with E-state index in [9.17, 15) is 5.11 Å². The Hall–Kier alpha value is 0.0569. The zero-order valence-corrected chi connectivity index (χ0v) is 16.8. The quantitative estimate of drug-likeness (QED) is 0.768. The van der Waals surface area contributed by atoms with Gasteiger partial charge in [-0.1, -0.05) is 27.7 Å². The van der Waals surface area contributed by atoms with E-state index in [2.05, 4.69) is 40.8 Å². The minimum Gasteiger partial charge on any atom is -0.416 e. The number of aliphatic hydroxyl groups excluding tert-OH is 1. The van der Waals surface area contributed by atoms with Crippen LogP contribution in [-0.2, 0) is 13.9 Å². The van der Waals surface area contributed by atoms with Gasteiger partial charge in [0.2, 0.25) is 0 Å². The van der Waals surface area contributed by atoms with Crippen molar-refractivity contribution in [2.75, 3.05) is 13.2 Å². The van der Waals surface area contributed by atoms with Crippen LogP contribution in [0.1, 0.15) is 53.4 Å². The number of rotatable bonds is 5. The first-order valence-electron chi connectivity index (χ1n) is 9.21. The monoisotopic (exact) mass is 344 g/mol. The molecule has 5 heteroatoms. The molecule has 1 aliphatic carbocycles. The molecule has 0 spiro atoms. The molecule has 2 rings (SSSR count). The molecule has 1 N–H and O–H groups in total. The first-order valence-corrected chi connectivity index (χ1v) is 12.1. The smallest absolute Gasteiger partial charge is 0.191 e. The van der Waals surface area contributed by atoms with Gasteiger partial charge in [-0.15, -0.1) is 0 Å². The molecule has 0 bridgehead atoms. The largest absolute Gasteiger partial charge is 0.416 e. The van der Waals surface area contributed by atoms with E-state index in [4.69, 9.17) is 13.9 Å². The number of hydrogen-bond acceptors (Lipinski definition) is 4. The standard InChI is InChI=1S/C18H36O4Si/c1-13-14(12-21-23(5,6)18(2,3)4)16(11-15(13)19)22-17-9-7-8-10-20-17/h13-17,19H,7-12H2,1-6H3/t13-,14-,15+,16-,17?/m1/s1. The van der Waals surface area contributed by atoms with E-state index < -0.39 is 8.32 Å². The Morgan fingerprint density at radius 3 is 2.48 bits per heavy atom. The number of ether oxygens (including phenoxy) is 2. The van der Waals surface area contributed by atoms with Crippen molar-refractivity contribution in [2.24, 2.45) is 11.8 Å². The summed E-state index contributed by atoms with van der Waals surface area (Å²) in [7, 11) is -1.77. The van der Waals surface area contributed by atoms with E-state index in [1.807, 2.05) is 0 Å². The second-order valence-corrected chi connectivity index (χ2v) is 13.7. The Morgan fingerprint density at radius 2 is 1.91 bits per heavy atom. The molecule has 0 radical (unpaired) electrons. The Morgan fingerprint density at radius 1 is 1.22 bits per heavy atom. The number of aliphatic hydroxyl groups is 1. The minimum absolute atomic E-state index is 0.0490. The van der Waals surface area contributed by atoms with Gasteiger partial charge in [-0.3, -0.25) is 0 Å². The third kappa shape index (κ3) is 4.79. The van der Waals surface area contributed by atoms with Crippen LogP contribution in [0, 0.1) is 11.8 Å². The lowest BCUT2D eigenvalue weighted by Gasteiger charge is -2.38. The van der Waals surface area contributed by atoms with Gasteiger partial charge in [0, 0.05) is 25.6 Å². The molecule has 0 aromatic heterocycles. The first kappa shape index (κ1) is 19.4. The van der Waals surface area contributed by atoms with Gasteiger partial charge in [0.25, 0.3) is 0 Å². The highest BCUT2D eigenvalue weighted by Gasteiger charge is 2.44. The maximum Gasteiger partial charge on any atom is 0.191 e. The predicted octanol–water partition coefficient (Wildman–Crippen LogP) is 3.94. The molecule has 2 aliphatic rings. The summed E-state index contributed by atoms with van der Waals surface area (Å²) in [5, 5.41) is 10.5. The summed E-state index contributed by atoms with van der Waals surface area (Å²) in [6, 6.07) is 0. The molecule has 0 aromatic carbocycles. The van der Waals surface area contributed by atoms with Crippen molar-refractivity contribution < 1.29 is 19.0 Å². The molecule has 5 atom stereocenters. The Bertz CT molecular complexity index is 374. The minimum atomic E-state index is -1.77. The average Bonchev–Trinajstić information content (AvgIpc) is 2.71. The van der Waals surface area contributed by atoms with Crippen LogP contribution in [0.2, 0.25) is 18.1 Å². The molecule has 4 nitrogen and oxygen atoms in total. The maximum atomic E-state index is 10.3. The molecule has 2 fully saturated rings. The van der Waals surface area contributed by atoms with Crippen LogP contribution in [0.4, 0.5) is 0 Å². The molecular weight excluding hydrogens is 308 g/mol. The normalized spacial score (nSPS) is 36.4. The van der Waals surface area contributed by atoms with Crippen LogP contribution in [0.3, 0.4) is 0 Å². The molecule has 1 saturated heterocycles. The molecule has 23 heavy (non-hydrogen) atoms. The lowest BCUT2D eigenvalue weighted by molar-refractivity contribution is -0.197. The van der Waals surface area contributed by atoms with Gasteiger partial charge in [-0.25, -0.2) is 0 Å². The average molecular weight is 345 g/mol. The van der Waals surface area contributed by atoms with E-state index in [0.29, 0.717) is 13.0 Å². The molecule has 1 unspecified atom stereocenters. The third-order valence-corrected chi connectivity index (χ3v) is 10.6. The lowest BCUT2D eigenvalue weighted by atomic mass is 9.97. The zero-order valence-electron chi connectivity index (χ0n) is 15.8. The fraction of sp³-hybridized carbons (Fsp3) is 1.00. The van der Waals surface area contributed by atoms with Gasteiger partial charge < -0.3 is 19.0 Å². The summed E-state index contributed by atoms with van der Waals surface area (Å²) < 4.78 is 18.4. The fourth-order valence-electron chi connectivity index (χ4n) is 3.20.